The van der Waals surface area contributed by atoms with Crippen LogP contribution in [-0.4, -0.2) is 49.6 Å². The van der Waals surface area contributed by atoms with Crippen molar-refractivity contribution >= 4 is 0 Å². The van der Waals surface area contributed by atoms with Gasteiger partial charge in [0.2, 0.25) is 0 Å². The molecule has 2 aromatic heterocycles. The first kappa shape index (κ1) is 16.7. The minimum absolute atomic E-state index is 0.0432. The summed E-state index contributed by atoms with van der Waals surface area (Å²) in [6.07, 6.45) is 3.87. The molecule has 0 aliphatic carbocycles. The first-order chi connectivity index (χ1) is 11.4. The number of ether oxygens (including phenoxy) is 1. The molecule has 2 aromatic rings. The highest BCUT2D eigenvalue weighted by molar-refractivity contribution is 5.03. The van der Waals surface area contributed by atoms with Crippen LogP contribution in [0.15, 0.2) is 28.0 Å². The lowest BCUT2D eigenvalue weighted by atomic mass is 10.2. The Hall–Kier alpha value is -2.19. The Morgan fingerprint density at radius 1 is 1.29 bits per heavy atom. The molecular formula is C16H23N5O3. The molecule has 0 amide bonds. The zero-order valence-electron chi connectivity index (χ0n) is 14.3. The zero-order valence-corrected chi connectivity index (χ0v) is 14.3. The first-order valence-electron chi connectivity index (χ1n) is 8.03. The summed E-state index contributed by atoms with van der Waals surface area (Å²) in [6, 6.07) is 1.53. The van der Waals surface area contributed by atoms with Crippen molar-refractivity contribution in [1.82, 2.24) is 23.8 Å². The lowest BCUT2D eigenvalue weighted by Gasteiger charge is -2.33. The molecule has 1 fully saturated rings. The van der Waals surface area contributed by atoms with E-state index in [9.17, 15) is 9.59 Å². The van der Waals surface area contributed by atoms with Crippen LogP contribution in [-0.2, 0) is 31.9 Å². The van der Waals surface area contributed by atoms with E-state index in [1.54, 1.807) is 7.05 Å². The second-order valence-electron chi connectivity index (χ2n) is 6.34. The molecule has 1 aliphatic heterocycles. The van der Waals surface area contributed by atoms with Gasteiger partial charge in [-0.2, -0.15) is 5.10 Å². The maximum absolute atomic E-state index is 12.0. The highest BCUT2D eigenvalue weighted by atomic mass is 16.5. The summed E-state index contributed by atoms with van der Waals surface area (Å²) in [7, 11) is 3.19. The lowest BCUT2D eigenvalue weighted by Crippen LogP contribution is -2.45. The molecule has 1 saturated heterocycles. The highest BCUT2D eigenvalue weighted by Crippen LogP contribution is 2.11. The summed E-state index contributed by atoms with van der Waals surface area (Å²) in [6.45, 7) is 5.40. The molecule has 0 aromatic carbocycles. The minimum Gasteiger partial charge on any atom is -0.374 e. The minimum atomic E-state index is -0.297. The molecule has 8 nitrogen and oxygen atoms in total. The molecule has 24 heavy (non-hydrogen) atoms. The molecule has 130 valence electrons. The molecule has 8 heteroatoms. The Labute approximate surface area is 139 Å². The number of hydrogen-bond acceptors (Lipinski definition) is 5. The molecule has 0 N–H and O–H groups in total. The number of rotatable bonds is 4. The lowest BCUT2D eigenvalue weighted by molar-refractivity contribution is -0.0408. The van der Waals surface area contributed by atoms with Gasteiger partial charge in [0, 0.05) is 51.7 Å². The maximum Gasteiger partial charge on any atom is 0.330 e. The molecule has 1 aliphatic rings. The third-order valence-corrected chi connectivity index (χ3v) is 4.39. The standard InChI is InChI=1S/C16H23N5O3/c1-12-7-17-21(8-12)11-14-10-20(4-5-24-14)9-13-6-15(22)19(3)16(23)18(13)2/h6-8,14H,4-5,9-11H2,1-3H3. The van der Waals surface area contributed by atoms with Crippen LogP contribution in [0.3, 0.4) is 0 Å². The van der Waals surface area contributed by atoms with Crippen LogP contribution in [0.4, 0.5) is 0 Å². The van der Waals surface area contributed by atoms with Gasteiger partial charge >= 0.3 is 5.69 Å². The van der Waals surface area contributed by atoms with E-state index in [-0.39, 0.29) is 17.4 Å². The largest absolute Gasteiger partial charge is 0.374 e. The Bertz CT molecular complexity index is 835. The van der Waals surface area contributed by atoms with Gasteiger partial charge in [-0.15, -0.1) is 0 Å². The zero-order chi connectivity index (χ0) is 17.3. The molecule has 0 radical (unpaired) electrons. The van der Waals surface area contributed by atoms with Crippen molar-refractivity contribution in [2.24, 2.45) is 14.1 Å². The molecule has 0 saturated carbocycles. The van der Waals surface area contributed by atoms with Crippen LogP contribution in [0.2, 0.25) is 0 Å². The second-order valence-corrected chi connectivity index (χ2v) is 6.34. The van der Waals surface area contributed by atoms with Crippen LogP contribution in [0.5, 0.6) is 0 Å². The predicted octanol–water partition coefficient (Wildman–Crippen LogP) is -0.510. The van der Waals surface area contributed by atoms with Crippen molar-refractivity contribution in [2.75, 3.05) is 19.7 Å². The van der Waals surface area contributed by atoms with Crippen LogP contribution in [0, 0.1) is 6.92 Å². The van der Waals surface area contributed by atoms with Gasteiger partial charge in [-0.3, -0.25) is 23.5 Å². The van der Waals surface area contributed by atoms with Gasteiger partial charge in [0.1, 0.15) is 0 Å². The van der Waals surface area contributed by atoms with E-state index >= 15 is 0 Å². The van der Waals surface area contributed by atoms with E-state index in [1.165, 1.54) is 17.7 Å². The normalized spacial score (nSPS) is 18.9. The molecular weight excluding hydrogens is 310 g/mol. The molecule has 3 rings (SSSR count). The summed E-state index contributed by atoms with van der Waals surface area (Å²) < 4.78 is 10.4. The van der Waals surface area contributed by atoms with Gasteiger partial charge in [-0.05, 0) is 12.5 Å². The summed E-state index contributed by atoms with van der Waals surface area (Å²) in [5.74, 6) is 0. The van der Waals surface area contributed by atoms with Crippen molar-refractivity contribution < 1.29 is 4.74 Å². The van der Waals surface area contributed by atoms with E-state index in [2.05, 4.69) is 10.00 Å². The van der Waals surface area contributed by atoms with Crippen molar-refractivity contribution in [3.63, 3.8) is 0 Å². The fourth-order valence-electron chi connectivity index (χ4n) is 2.97. The predicted molar refractivity (Wildman–Crippen MR) is 88.9 cm³/mol. The van der Waals surface area contributed by atoms with Crippen LogP contribution >= 0.6 is 0 Å². The quantitative estimate of drug-likeness (QED) is 0.753. The number of nitrogens with zero attached hydrogens (tertiary/aromatic N) is 5. The summed E-state index contributed by atoms with van der Waals surface area (Å²) in [5, 5.41) is 4.29. The van der Waals surface area contributed by atoms with E-state index in [0.717, 1.165) is 28.9 Å². The van der Waals surface area contributed by atoms with Gasteiger partial charge in [-0.1, -0.05) is 0 Å². The van der Waals surface area contributed by atoms with Crippen LogP contribution < -0.4 is 11.2 Å². The molecule has 1 atom stereocenters. The van der Waals surface area contributed by atoms with Crippen molar-refractivity contribution in [3.05, 3.63) is 50.6 Å². The van der Waals surface area contributed by atoms with Crippen LogP contribution in [0.25, 0.3) is 0 Å². The van der Waals surface area contributed by atoms with Gasteiger partial charge in [0.05, 0.1) is 25.5 Å². The monoisotopic (exact) mass is 333 g/mol. The van der Waals surface area contributed by atoms with E-state index < -0.39 is 0 Å². The maximum atomic E-state index is 12.0. The first-order valence-corrected chi connectivity index (χ1v) is 8.03. The number of hydrogen-bond donors (Lipinski definition) is 0. The van der Waals surface area contributed by atoms with Gasteiger partial charge in [0.25, 0.3) is 5.56 Å². The molecule has 1 unspecified atom stereocenters. The summed E-state index contributed by atoms with van der Waals surface area (Å²) in [4.78, 5) is 26.1. The fraction of sp³-hybridized carbons (Fsp3) is 0.562. The van der Waals surface area contributed by atoms with Crippen molar-refractivity contribution in [3.8, 4) is 0 Å². The third kappa shape index (κ3) is 3.49. The Balaban J connectivity index is 1.70. The molecule has 0 bridgehead atoms. The average Bonchev–Trinajstić information content (AvgIpc) is 2.96. The van der Waals surface area contributed by atoms with E-state index in [4.69, 9.17) is 4.74 Å². The van der Waals surface area contributed by atoms with E-state index in [1.807, 2.05) is 24.0 Å². The van der Waals surface area contributed by atoms with E-state index in [0.29, 0.717) is 19.7 Å². The Kier molecular flexibility index (Phi) is 4.68. The van der Waals surface area contributed by atoms with Gasteiger partial charge < -0.3 is 4.74 Å². The highest BCUT2D eigenvalue weighted by Gasteiger charge is 2.22. The van der Waals surface area contributed by atoms with Gasteiger partial charge in [-0.25, -0.2) is 4.79 Å². The SMILES string of the molecule is Cc1cnn(CC2CN(Cc3cc(=O)n(C)c(=O)n3C)CCO2)c1. The molecule has 3 heterocycles. The average molecular weight is 333 g/mol. The third-order valence-electron chi connectivity index (χ3n) is 4.39. The number of morpholine rings is 1. The second kappa shape index (κ2) is 6.74. The van der Waals surface area contributed by atoms with Crippen molar-refractivity contribution in [1.29, 1.82) is 0 Å². The van der Waals surface area contributed by atoms with Gasteiger partial charge in [0.15, 0.2) is 0 Å². The number of aryl methyl sites for hydroxylation is 1. The fourth-order valence-corrected chi connectivity index (χ4v) is 2.97. The number of aromatic nitrogens is 4. The van der Waals surface area contributed by atoms with Crippen LogP contribution in [0.1, 0.15) is 11.3 Å². The summed E-state index contributed by atoms with van der Waals surface area (Å²) in [5.41, 5.74) is 1.27. The Morgan fingerprint density at radius 3 is 2.79 bits per heavy atom. The molecule has 0 spiro atoms. The Morgan fingerprint density at radius 2 is 2.08 bits per heavy atom. The smallest absolute Gasteiger partial charge is 0.330 e. The summed E-state index contributed by atoms with van der Waals surface area (Å²) >= 11 is 0. The van der Waals surface area contributed by atoms with Crippen molar-refractivity contribution in [2.45, 2.75) is 26.1 Å². The topological polar surface area (TPSA) is 74.3 Å².